The van der Waals surface area contributed by atoms with Gasteiger partial charge < -0.3 is 19.5 Å². The van der Waals surface area contributed by atoms with Crippen molar-refractivity contribution in [2.24, 2.45) is 5.92 Å². The van der Waals surface area contributed by atoms with E-state index in [4.69, 9.17) is 14.2 Å². The lowest BCUT2D eigenvalue weighted by atomic mass is 10.1. The minimum atomic E-state index is 0.650. The van der Waals surface area contributed by atoms with Gasteiger partial charge in [0.15, 0.2) is 0 Å². The van der Waals surface area contributed by atoms with E-state index in [0.29, 0.717) is 32.3 Å². The molecular weight excluding hydrogens is 230 g/mol. The van der Waals surface area contributed by atoms with Gasteiger partial charge in [0.05, 0.1) is 33.0 Å². The zero-order valence-corrected chi connectivity index (χ0v) is 13.0. The average molecular weight is 263 g/mol. The fourth-order valence-electron chi connectivity index (χ4n) is 1.04. The maximum Gasteiger partial charge on any atom is 0.0701 e. The summed E-state index contributed by atoms with van der Waals surface area (Å²) in [6.07, 6.45) is 1.12. The van der Waals surface area contributed by atoms with Gasteiger partial charge in [-0.1, -0.05) is 27.7 Å². The van der Waals surface area contributed by atoms with E-state index >= 15 is 0 Å². The van der Waals surface area contributed by atoms with Crippen molar-refractivity contribution < 1.29 is 14.2 Å². The van der Waals surface area contributed by atoms with Crippen LogP contribution in [0.5, 0.6) is 0 Å². The van der Waals surface area contributed by atoms with Crippen LogP contribution in [-0.2, 0) is 14.2 Å². The number of likely N-dealkylation sites (N-methyl/N-ethyl adjacent to an activating group) is 1. The van der Waals surface area contributed by atoms with Crippen molar-refractivity contribution in [2.45, 2.75) is 34.1 Å². The highest BCUT2D eigenvalue weighted by Gasteiger charge is 1.94. The van der Waals surface area contributed by atoms with Crippen molar-refractivity contribution in [1.82, 2.24) is 5.32 Å². The molecule has 0 unspecified atom stereocenters. The van der Waals surface area contributed by atoms with E-state index < -0.39 is 0 Å². The Labute approximate surface area is 113 Å². The van der Waals surface area contributed by atoms with Gasteiger partial charge in [0, 0.05) is 13.2 Å². The largest absolute Gasteiger partial charge is 0.379 e. The molecule has 0 spiro atoms. The average Bonchev–Trinajstić information content (AvgIpc) is 2.38. The summed E-state index contributed by atoms with van der Waals surface area (Å²) in [6.45, 7) is 13.5. The number of hydrogen-bond acceptors (Lipinski definition) is 4. The molecule has 4 heteroatoms. The lowest BCUT2D eigenvalue weighted by Crippen LogP contribution is -2.16. The fourth-order valence-corrected chi connectivity index (χ4v) is 1.04. The van der Waals surface area contributed by atoms with E-state index in [1.54, 1.807) is 0 Å². The standard InChI is InChI=1S/C12H27NO3.C2H6/c1-12(2)4-6-14-8-10-16-11-9-15-7-5-13-3;1-2/h12-13H,4-11H2,1-3H3;1-2H3. The smallest absolute Gasteiger partial charge is 0.0701 e. The molecule has 0 saturated carbocycles. The first-order chi connectivity index (χ1) is 8.77. The van der Waals surface area contributed by atoms with Gasteiger partial charge in [0.25, 0.3) is 0 Å². The van der Waals surface area contributed by atoms with Gasteiger partial charge >= 0.3 is 0 Å². The van der Waals surface area contributed by atoms with Crippen LogP contribution in [-0.4, -0.2) is 53.2 Å². The molecule has 4 nitrogen and oxygen atoms in total. The minimum absolute atomic E-state index is 0.650. The Balaban J connectivity index is 0. The highest BCUT2D eigenvalue weighted by molar-refractivity contribution is 4.42. The second-order valence-electron chi connectivity index (χ2n) is 4.12. The molecule has 0 aliphatic heterocycles. The first-order valence-corrected chi connectivity index (χ1v) is 7.15. The summed E-state index contributed by atoms with van der Waals surface area (Å²) in [5.41, 5.74) is 0. The van der Waals surface area contributed by atoms with Crippen LogP contribution in [0.3, 0.4) is 0 Å². The predicted molar refractivity (Wildman–Crippen MR) is 77.2 cm³/mol. The number of hydrogen-bond donors (Lipinski definition) is 1. The lowest BCUT2D eigenvalue weighted by molar-refractivity contribution is 0.0135. The molecule has 18 heavy (non-hydrogen) atoms. The topological polar surface area (TPSA) is 39.7 Å². The van der Waals surface area contributed by atoms with Crippen LogP contribution in [0.25, 0.3) is 0 Å². The molecular formula is C14H33NO3. The molecule has 0 rings (SSSR count). The van der Waals surface area contributed by atoms with Crippen LogP contribution >= 0.6 is 0 Å². The molecule has 1 N–H and O–H groups in total. The normalized spacial score (nSPS) is 10.3. The van der Waals surface area contributed by atoms with Crippen molar-refractivity contribution in [3.05, 3.63) is 0 Å². The first kappa shape index (κ1) is 20.2. The lowest BCUT2D eigenvalue weighted by Gasteiger charge is -2.07. The predicted octanol–water partition coefficient (Wildman–Crippen LogP) is 2.33. The van der Waals surface area contributed by atoms with E-state index in [1.807, 2.05) is 20.9 Å². The molecule has 0 heterocycles. The zero-order valence-electron chi connectivity index (χ0n) is 13.0. The van der Waals surface area contributed by atoms with Crippen molar-refractivity contribution in [3.8, 4) is 0 Å². The maximum atomic E-state index is 5.41. The van der Waals surface area contributed by atoms with E-state index in [2.05, 4.69) is 19.2 Å². The zero-order chi connectivity index (χ0) is 14.1. The Kier molecular flexibility index (Phi) is 21.5. The van der Waals surface area contributed by atoms with Crippen LogP contribution in [0.1, 0.15) is 34.1 Å². The molecule has 0 radical (unpaired) electrons. The third kappa shape index (κ3) is 21.2. The molecule has 0 saturated heterocycles. The van der Waals surface area contributed by atoms with Gasteiger partial charge in [-0.25, -0.2) is 0 Å². The van der Waals surface area contributed by atoms with Crippen LogP contribution in [0.4, 0.5) is 0 Å². The summed E-state index contributed by atoms with van der Waals surface area (Å²) in [4.78, 5) is 0. The second kappa shape index (κ2) is 19.2. The van der Waals surface area contributed by atoms with Gasteiger partial charge in [-0.3, -0.25) is 0 Å². The molecule has 0 fully saturated rings. The Morgan fingerprint density at radius 2 is 1.22 bits per heavy atom. The highest BCUT2D eigenvalue weighted by atomic mass is 16.5. The van der Waals surface area contributed by atoms with Gasteiger partial charge in [-0.2, -0.15) is 0 Å². The number of nitrogens with one attached hydrogen (secondary N) is 1. The molecule has 0 amide bonds. The molecule has 0 atom stereocenters. The van der Waals surface area contributed by atoms with E-state index in [9.17, 15) is 0 Å². The van der Waals surface area contributed by atoms with E-state index in [0.717, 1.165) is 26.2 Å². The summed E-state index contributed by atoms with van der Waals surface area (Å²) < 4.78 is 16.1. The highest BCUT2D eigenvalue weighted by Crippen LogP contribution is 1.98. The summed E-state index contributed by atoms with van der Waals surface area (Å²) >= 11 is 0. The minimum Gasteiger partial charge on any atom is -0.379 e. The Bertz CT molecular complexity index is 132. The summed E-state index contributed by atoms with van der Waals surface area (Å²) in [7, 11) is 1.91. The summed E-state index contributed by atoms with van der Waals surface area (Å²) in [5.74, 6) is 0.710. The third-order valence-electron chi connectivity index (χ3n) is 2.08. The Morgan fingerprint density at radius 3 is 1.67 bits per heavy atom. The molecule has 0 bridgehead atoms. The van der Waals surface area contributed by atoms with E-state index in [1.165, 1.54) is 0 Å². The van der Waals surface area contributed by atoms with Crippen LogP contribution in [0.15, 0.2) is 0 Å². The third-order valence-corrected chi connectivity index (χ3v) is 2.08. The SMILES string of the molecule is CC.CNCCOCCOCCOCCC(C)C. The van der Waals surface area contributed by atoms with Crippen LogP contribution in [0.2, 0.25) is 0 Å². The van der Waals surface area contributed by atoms with E-state index in [-0.39, 0.29) is 0 Å². The molecule has 0 aromatic carbocycles. The molecule has 112 valence electrons. The number of rotatable bonds is 12. The van der Waals surface area contributed by atoms with Gasteiger partial charge in [-0.05, 0) is 19.4 Å². The van der Waals surface area contributed by atoms with Crippen molar-refractivity contribution in [3.63, 3.8) is 0 Å². The fraction of sp³-hybridized carbons (Fsp3) is 1.00. The van der Waals surface area contributed by atoms with Crippen molar-refractivity contribution in [1.29, 1.82) is 0 Å². The quantitative estimate of drug-likeness (QED) is 0.549. The molecule has 0 aliphatic carbocycles. The molecule has 0 aliphatic rings. The Hall–Kier alpha value is -0.160. The maximum absolute atomic E-state index is 5.41. The molecule has 0 aromatic heterocycles. The van der Waals surface area contributed by atoms with Gasteiger partial charge in [0.2, 0.25) is 0 Å². The van der Waals surface area contributed by atoms with Gasteiger partial charge in [0.1, 0.15) is 0 Å². The molecule has 0 aromatic rings. The van der Waals surface area contributed by atoms with Crippen LogP contribution < -0.4 is 5.32 Å². The number of ether oxygens (including phenoxy) is 3. The Morgan fingerprint density at radius 1 is 0.778 bits per heavy atom. The second-order valence-corrected chi connectivity index (χ2v) is 4.12. The summed E-state index contributed by atoms with van der Waals surface area (Å²) in [6, 6.07) is 0. The van der Waals surface area contributed by atoms with Crippen molar-refractivity contribution in [2.75, 3.05) is 53.2 Å². The first-order valence-electron chi connectivity index (χ1n) is 7.15. The van der Waals surface area contributed by atoms with Crippen molar-refractivity contribution >= 4 is 0 Å². The van der Waals surface area contributed by atoms with Gasteiger partial charge in [-0.15, -0.1) is 0 Å². The summed E-state index contributed by atoms with van der Waals surface area (Å²) in [5, 5.41) is 3.02. The monoisotopic (exact) mass is 263 g/mol. The van der Waals surface area contributed by atoms with Crippen LogP contribution in [0, 0.1) is 5.92 Å².